The van der Waals surface area contributed by atoms with E-state index in [2.05, 4.69) is 15.3 Å². The molecule has 2 rings (SSSR count). The molecule has 0 unspecified atom stereocenters. The van der Waals surface area contributed by atoms with Gasteiger partial charge < -0.3 is 9.47 Å². The molecule has 0 radical (unpaired) electrons. The molecule has 0 spiro atoms. The average molecular weight is 358 g/mol. The van der Waals surface area contributed by atoms with Crippen molar-refractivity contribution < 1.29 is 22.7 Å². The van der Waals surface area contributed by atoms with Crippen LogP contribution in [0.4, 0.5) is 10.7 Å². The van der Waals surface area contributed by atoms with E-state index >= 15 is 0 Å². The Kier molecular flexibility index (Phi) is 5.01. The number of thiophene rings is 1. The van der Waals surface area contributed by atoms with Gasteiger partial charge in [0.15, 0.2) is 0 Å². The molecule has 0 aliphatic rings. The number of amides is 2. The van der Waals surface area contributed by atoms with Crippen molar-refractivity contribution in [2.45, 2.75) is 11.1 Å². The second-order valence-electron chi connectivity index (χ2n) is 4.23. The van der Waals surface area contributed by atoms with Crippen molar-refractivity contribution in [1.82, 2.24) is 14.7 Å². The molecule has 0 aromatic carbocycles. The van der Waals surface area contributed by atoms with E-state index < -0.39 is 16.1 Å². The Morgan fingerprint density at radius 1 is 1.22 bits per heavy atom. The summed E-state index contributed by atoms with van der Waals surface area (Å²) in [5, 5.41) is 3.84. The predicted octanol–water partition coefficient (Wildman–Crippen LogP) is 1.37. The fraction of sp³-hybridized carbons (Fsp3) is 0.250. The van der Waals surface area contributed by atoms with Crippen LogP contribution in [0.1, 0.15) is 5.56 Å². The Balaban J connectivity index is 2.15. The molecule has 0 aliphatic carbocycles. The van der Waals surface area contributed by atoms with Crippen molar-refractivity contribution in [2.24, 2.45) is 0 Å². The summed E-state index contributed by atoms with van der Waals surface area (Å²) in [4.78, 5) is 19.6. The molecule has 23 heavy (non-hydrogen) atoms. The smallest absolute Gasteiger partial charge is 0.335 e. The first-order chi connectivity index (χ1) is 10.9. The molecule has 2 N–H and O–H groups in total. The lowest BCUT2D eigenvalue weighted by atomic mass is 10.4. The first kappa shape index (κ1) is 17.0. The lowest BCUT2D eigenvalue weighted by molar-refractivity contribution is 0.256. The van der Waals surface area contributed by atoms with E-state index in [9.17, 15) is 13.2 Å². The van der Waals surface area contributed by atoms with Gasteiger partial charge in [-0.25, -0.2) is 17.9 Å². The zero-order chi connectivity index (χ0) is 17.0. The van der Waals surface area contributed by atoms with E-state index in [1.165, 1.54) is 20.3 Å². The lowest BCUT2D eigenvalue weighted by Gasteiger charge is -2.09. The summed E-state index contributed by atoms with van der Waals surface area (Å²) in [5.41, 5.74) is 0.551. The molecule has 2 aromatic rings. The molecular weight excluding hydrogens is 344 g/mol. The van der Waals surface area contributed by atoms with Crippen LogP contribution in [-0.4, -0.2) is 38.6 Å². The van der Waals surface area contributed by atoms with Gasteiger partial charge in [0.25, 0.3) is 10.0 Å². The van der Waals surface area contributed by atoms with Gasteiger partial charge in [-0.05, 0) is 23.9 Å². The van der Waals surface area contributed by atoms with E-state index in [1.807, 2.05) is 4.72 Å². The zero-order valence-electron chi connectivity index (χ0n) is 12.5. The van der Waals surface area contributed by atoms with Crippen LogP contribution in [0.2, 0.25) is 0 Å². The number of nitrogens with zero attached hydrogens (tertiary/aromatic N) is 2. The van der Waals surface area contributed by atoms with E-state index in [0.29, 0.717) is 5.56 Å². The highest BCUT2D eigenvalue weighted by molar-refractivity contribution is 7.92. The third kappa shape index (κ3) is 4.07. The highest BCUT2D eigenvalue weighted by atomic mass is 32.2. The van der Waals surface area contributed by atoms with Gasteiger partial charge in [0.05, 0.1) is 20.3 Å². The number of anilines is 1. The van der Waals surface area contributed by atoms with Crippen LogP contribution in [0.3, 0.4) is 0 Å². The SMILES string of the molecule is COc1cc(OC)nc(NC(=O)NS(=O)(=O)c2sccc2C)n1. The van der Waals surface area contributed by atoms with Gasteiger partial charge in [-0.1, -0.05) is 0 Å². The summed E-state index contributed by atoms with van der Waals surface area (Å²) < 4.78 is 36.0. The molecule has 0 aliphatic heterocycles. The van der Waals surface area contributed by atoms with Crippen LogP contribution in [0.5, 0.6) is 11.8 Å². The van der Waals surface area contributed by atoms with Crippen molar-refractivity contribution in [2.75, 3.05) is 19.5 Å². The number of hydrogen-bond donors (Lipinski definition) is 2. The third-order valence-electron chi connectivity index (χ3n) is 2.61. The molecule has 0 bridgehead atoms. The molecule has 2 aromatic heterocycles. The Labute approximate surface area is 136 Å². The number of ether oxygens (including phenoxy) is 2. The Morgan fingerprint density at radius 3 is 2.30 bits per heavy atom. The van der Waals surface area contributed by atoms with Gasteiger partial charge in [0.1, 0.15) is 4.21 Å². The van der Waals surface area contributed by atoms with Crippen LogP contribution in [0.25, 0.3) is 0 Å². The van der Waals surface area contributed by atoms with Crippen molar-refractivity contribution in [3.05, 3.63) is 23.1 Å². The minimum Gasteiger partial charge on any atom is -0.481 e. The summed E-state index contributed by atoms with van der Waals surface area (Å²) in [6, 6.07) is 2.07. The second-order valence-corrected chi connectivity index (χ2v) is 7.02. The first-order valence-corrected chi connectivity index (χ1v) is 8.57. The van der Waals surface area contributed by atoms with Crippen molar-refractivity contribution in [3.8, 4) is 11.8 Å². The first-order valence-electron chi connectivity index (χ1n) is 6.20. The number of nitrogens with one attached hydrogen (secondary N) is 2. The Hall–Kier alpha value is -2.40. The number of sulfonamides is 1. The maximum Gasteiger partial charge on any atom is 0.335 e. The Morgan fingerprint density at radius 2 is 1.83 bits per heavy atom. The molecule has 0 saturated carbocycles. The number of methoxy groups -OCH3 is 2. The van der Waals surface area contributed by atoms with Gasteiger partial charge in [-0.2, -0.15) is 9.97 Å². The van der Waals surface area contributed by atoms with Crippen LogP contribution in [-0.2, 0) is 10.0 Å². The van der Waals surface area contributed by atoms with Gasteiger partial charge in [0, 0.05) is 0 Å². The zero-order valence-corrected chi connectivity index (χ0v) is 14.1. The molecule has 2 heterocycles. The summed E-state index contributed by atoms with van der Waals surface area (Å²) in [7, 11) is -1.19. The topological polar surface area (TPSA) is 120 Å². The minimum absolute atomic E-state index is 0.0665. The molecule has 0 atom stereocenters. The number of aryl methyl sites for hydroxylation is 1. The molecule has 2 amide bonds. The van der Waals surface area contributed by atoms with Gasteiger partial charge in [-0.3, -0.25) is 5.32 Å². The number of urea groups is 1. The summed E-state index contributed by atoms with van der Waals surface area (Å²) >= 11 is 1.02. The van der Waals surface area contributed by atoms with E-state index in [0.717, 1.165) is 11.3 Å². The van der Waals surface area contributed by atoms with E-state index in [-0.39, 0.29) is 21.9 Å². The maximum atomic E-state index is 12.1. The molecular formula is C12H14N4O5S2. The van der Waals surface area contributed by atoms with E-state index in [1.54, 1.807) is 18.4 Å². The third-order valence-corrected chi connectivity index (χ3v) is 5.63. The Bertz CT molecular complexity index is 796. The normalized spacial score (nSPS) is 10.9. The van der Waals surface area contributed by atoms with Crippen molar-refractivity contribution in [1.29, 1.82) is 0 Å². The average Bonchev–Trinajstić information content (AvgIpc) is 2.93. The molecule has 0 saturated heterocycles. The molecule has 124 valence electrons. The molecule has 0 fully saturated rings. The number of carbonyl (C=O) groups is 1. The van der Waals surface area contributed by atoms with Gasteiger partial charge in [0.2, 0.25) is 17.7 Å². The highest BCUT2D eigenvalue weighted by Crippen LogP contribution is 2.21. The number of rotatable bonds is 5. The van der Waals surface area contributed by atoms with E-state index in [4.69, 9.17) is 9.47 Å². The fourth-order valence-corrected chi connectivity index (χ4v) is 3.93. The fourth-order valence-electron chi connectivity index (χ4n) is 1.60. The van der Waals surface area contributed by atoms with Gasteiger partial charge in [-0.15, -0.1) is 11.3 Å². The second kappa shape index (κ2) is 6.79. The van der Waals surface area contributed by atoms with Crippen LogP contribution < -0.4 is 19.5 Å². The summed E-state index contributed by atoms with van der Waals surface area (Å²) in [6.07, 6.45) is 0. The van der Waals surface area contributed by atoms with Crippen LogP contribution >= 0.6 is 11.3 Å². The van der Waals surface area contributed by atoms with Gasteiger partial charge >= 0.3 is 6.03 Å². The van der Waals surface area contributed by atoms with Crippen LogP contribution in [0, 0.1) is 6.92 Å². The quantitative estimate of drug-likeness (QED) is 0.828. The van der Waals surface area contributed by atoms with Crippen molar-refractivity contribution >= 4 is 33.3 Å². The number of carbonyl (C=O) groups excluding carboxylic acids is 1. The number of hydrogen-bond acceptors (Lipinski definition) is 8. The number of aromatic nitrogens is 2. The standard InChI is InChI=1S/C12H14N4O5S2/c1-7-4-5-22-10(7)23(18,19)16-12(17)15-11-13-8(20-2)6-9(14-11)21-3/h4-6H,1-3H3,(H2,13,14,15,16,17). The molecule has 9 nitrogen and oxygen atoms in total. The summed E-state index contributed by atoms with van der Waals surface area (Å²) in [5.74, 6) is 0.157. The van der Waals surface area contributed by atoms with Crippen molar-refractivity contribution in [3.63, 3.8) is 0 Å². The molecule has 11 heteroatoms. The summed E-state index contributed by atoms with van der Waals surface area (Å²) in [6.45, 7) is 1.64. The lowest BCUT2D eigenvalue weighted by Crippen LogP contribution is -2.34. The predicted molar refractivity (Wildman–Crippen MR) is 83.5 cm³/mol. The highest BCUT2D eigenvalue weighted by Gasteiger charge is 2.21. The largest absolute Gasteiger partial charge is 0.481 e. The minimum atomic E-state index is -3.96. The maximum absolute atomic E-state index is 12.1. The van der Waals surface area contributed by atoms with Crippen LogP contribution in [0.15, 0.2) is 21.7 Å². The monoisotopic (exact) mass is 358 g/mol.